The molecule has 1 heterocycles. The van der Waals surface area contributed by atoms with Crippen LogP contribution in [0.2, 0.25) is 0 Å². The number of amides is 2. The molecule has 2 rings (SSSR count). The second kappa shape index (κ2) is 5.03. The van der Waals surface area contributed by atoms with Gasteiger partial charge in [-0.15, -0.1) is 0 Å². The van der Waals surface area contributed by atoms with Gasteiger partial charge in [-0.3, -0.25) is 9.59 Å². The van der Waals surface area contributed by atoms with Crippen molar-refractivity contribution in [1.29, 1.82) is 0 Å². The second-order valence-electron chi connectivity index (χ2n) is 5.64. The van der Waals surface area contributed by atoms with Gasteiger partial charge in [0.2, 0.25) is 11.8 Å². The predicted octanol–water partition coefficient (Wildman–Crippen LogP) is 1.35. The molecular weight excluding hydrogens is 240 g/mol. The summed E-state index contributed by atoms with van der Waals surface area (Å²) in [7, 11) is 0. The third-order valence-electron chi connectivity index (χ3n) is 3.47. The van der Waals surface area contributed by atoms with Gasteiger partial charge in [0.15, 0.2) is 0 Å². The van der Waals surface area contributed by atoms with Gasteiger partial charge in [-0.25, -0.2) is 0 Å². The Morgan fingerprint density at radius 3 is 2.53 bits per heavy atom. The number of nitrogens with one attached hydrogen (secondary N) is 1. The Morgan fingerprint density at radius 2 is 1.89 bits per heavy atom. The fourth-order valence-electron chi connectivity index (χ4n) is 2.45. The number of nitrogens with zero attached hydrogens (tertiary/aromatic N) is 1. The van der Waals surface area contributed by atoms with Crippen LogP contribution >= 0.6 is 0 Å². The first-order chi connectivity index (χ1) is 8.90. The first kappa shape index (κ1) is 13.6. The molecule has 4 heteroatoms. The predicted molar refractivity (Wildman–Crippen MR) is 73.5 cm³/mol. The maximum Gasteiger partial charge on any atom is 0.248 e. The Labute approximate surface area is 113 Å². The zero-order chi connectivity index (χ0) is 14.0. The Morgan fingerprint density at radius 1 is 1.26 bits per heavy atom. The molecule has 0 aliphatic carbocycles. The summed E-state index contributed by atoms with van der Waals surface area (Å²) in [5.41, 5.74) is 0.367. The van der Waals surface area contributed by atoms with Gasteiger partial charge in [-0.2, -0.15) is 0 Å². The molecule has 102 valence electrons. The minimum absolute atomic E-state index is 0.0141. The van der Waals surface area contributed by atoms with Crippen LogP contribution in [0.25, 0.3) is 0 Å². The lowest BCUT2D eigenvalue weighted by molar-refractivity contribution is -0.150. The highest BCUT2D eigenvalue weighted by molar-refractivity contribution is 5.97. The van der Waals surface area contributed by atoms with Crippen LogP contribution in [0.1, 0.15) is 26.3 Å². The summed E-state index contributed by atoms with van der Waals surface area (Å²) >= 11 is 0. The van der Waals surface area contributed by atoms with Gasteiger partial charge in [0.05, 0.1) is 6.54 Å². The van der Waals surface area contributed by atoms with Crippen molar-refractivity contribution in [2.75, 3.05) is 6.54 Å². The van der Waals surface area contributed by atoms with E-state index in [1.165, 1.54) is 5.56 Å². The van der Waals surface area contributed by atoms with Crippen molar-refractivity contribution < 1.29 is 9.59 Å². The fraction of sp³-hybridized carbons (Fsp3) is 0.467. The largest absolute Gasteiger partial charge is 0.341 e. The molecule has 1 fully saturated rings. The van der Waals surface area contributed by atoms with Crippen LogP contribution < -0.4 is 5.32 Å². The minimum Gasteiger partial charge on any atom is -0.341 e. The number of carbonyl (C=O) groups is 2. The number of hydrogen-bond donors (Lipinski definition) is 1. The quantitative estimate of drug-likeness (QED) is 0.892. The van der Waals surface area contributed by atoms with Crippen molar-refractivity contribution in [3.8, 4) is 0 Å². The molecule has 0 radical (unpaired) electrons. The van der Waals surface area contributed by atoms with E-state index in [0.29, 0.717) is 0 Å². The summed E-state index contributed by atoms with van der Waals surface area (Å²) in [4.78, 5) is 25.7. The van der Waals surface area contributed by atoms with E-state index < -0.39 is 5.54 Å². The lowest BCUT2D eigenvalue weighted by Gasteiger charge is -2.40. The third-order valence-corrected chi connectivity index (χ3v) is 3.47. The van der Waals surface area contributed by atoms with Gasteiger partial charge in [0.25, 0.3) is 0 Å². The van der Waals surface area contributed by atoms with Gasteiger partial charge in [-0.1, -0.05) is 30.3 Å². The van der Waals surface area contributed by atoms with Crippen molar-refractivity contribution >= 4 is 11.8 Å². The highest BCUT2D eigenvalue weighted by atomic mass is 16.2. The number of piperazine rings is 1. The number of benzene rings is 1. The van der Waals surface area contributed by atoms with E-state index in [1.807, 2.05) is 37.3 Å². The number of rotatable bonds is 3. The molecule has 1 aliphatic rings. The van der Waals surface area contributed by atoms with Gasteiger partial charge in [-0.05, 0) is 32.8 Å². The molecule has 19 heavy (non-hydrogen) atoms. The van der Waals surface area contributed by atoms with Crippen molar-refractivity contribution in [2.24, 2.45) is 0 Å². The molecule has 1 aromatic rings. The van der Waals surface area contributed by atoms with Gasteiger partial charge < -0.3 is 10.2 Å². The average Bonchev–Trinajstić information content (AvgIpc) is 2.34. The Hall–Kier alpha value is -1.84. The number of hydrogen-bond acceptors (Lipinski definition) is 2. The van der Waals surface area contributed by atoms with E-state index in [1.54, 1.807) is 18.7 Å². The molecule has 0 spiro atoms. The molecule has 0 saturated carbocycles. The smallest absolute Gasteiger partial charge is 0.248 e. The van der Waals surface area contributed by atoms with E-state index in [4.69, 9.17) is 0 Å². The molecule has 1 atom stereocenters. The van der Waals surface area contributed by atoms with Crippen LogP contribution in [-0.2, 0) is 16.0 Å². The van der Waals surface area contributed by atoms with Gasteiger partial charge in [0.1, 0.15) is 5.54 Å². The summed E-state index contributed by atoms with van der Waals surface area (Å²) in [5, 5.41) is 2.72. The summed E-state index contributed by atoms with van der Waals surface area (Å²) in [6, 6.07) is 10.0. The van der Waals surface area contributed by atoms with Crippen molar-refractivity contribution in [2.45, 2.75) is 38.8 Å². The highest BCUT2D eigenvalue weighted by Crippen LogP contribution is 2.18. The monoisotopic (exact) mass is 260 g/mol. The SMILES string of the molecule is CC(Cc1ccccc1)N1CC(=O)NC(C)(C)C1=O. The standard InChI is InChI=1S/C15H20N2O2/c1-11(9-12-7-5-4-6-8-12)17-10-13(18)16-15(2,3)14(17)19/h4-8,11H,9-10H2,1-3H3,(H,16,18). The topological polar surface area (TPSA) is 49.4 Å². The van der Waals surface area contributed by atoms with Crippen LogP contribution in [0.4, 0.5) is 0 Å². The highest BCUT2D eigenvalue weighted by Gasteiger charge is 2.40. The summed E-state index contributed by atoms with van der Waals surface area (Å²) in [5.74, 6) is -0.111. The molecule has 1 N–H and O–H groups in total. The molecule has 1 aromatic carbocycles. The third kappa shape index (κ3) is 2.95. The summed E-state index contributed by atoms with van der Waals surface area (Å²) in [6.07, 6.45) is 0.760. The summed E-state index contributed by atoms with van der Waals surface area (Å²) < 4.78 is 0. The molecule has 4 nitrogen and oxygen atoms in total. The average molecular weight is 260 g/mol. The Kier molecular flexibility index (Phi) is 3.60. The van der Waals surface area contributed by atoms with E-state index >= 15 is 0 Å². The van der Waals surface area contributed by atoms with Gasteiger partial charge >= 0.3 is 0 Å². The van der Waals surface area contributed by atoms with Crippen molar-refractivity contribution in [3.63, 3.8) is 0 Å². The maximum atomic E-state index is 12.3. The lowest BCUT2D eigenvalue weighted by Crippen LogP contribution is -2.65. The van der Waals surface area contributed by atoms with E-state index in [0.717, 1.165) is 6.42 Å². The molecule has 2 amide bonds. The Balaban J connectivity index is 2.12. The fourth-order valence-corrected chi connectivity index (χ4v) is 2.45. The Bertz CT molecular complexity index is 482. The van der Waals surface area contributed by atoms with Crippen molar-refractivity contribution in [1.82, 2.24) is 10.2 Å². The van der Waals surface area contributed by atoms with Crippen LogP contribution in [0.15, 0.2) is 30.3 Å². The van der Waals surface area contributed by atoms with Crippen LogP contribution in [-0.4, -0.2) is 34.8 Å². The molecule has 1 aliphatic heterocycles. The maximum absolute atomic E-state index is 12.3. The number of carbonyl (C=O) groups excluding carboxylic acids is 2. The zero-order valence-electron chi connectivity index (χ0n) is 11.6. The minimum atomic E-state index is -0.805. The first-order valence-electron chi connectivity index (χ1n) is 6.56. The molecular formula is C15H20N2O2. The van der Waals surface area contributed by atoms with Crippen LogP contribution in [0.5, 0.6) is 0 Å². The van der Waals surface area contributed by atoms with E-state index in [9.17, 15) is 9.59 Å². The zero-order valence-corrected chi connectivity index (χ0v) is 11.6. The second-order valence-corrected chi connectivity index (χ2v) is 5.64. The molecule has 1 unspecified atom stereocenters. The van der Waals surface area contributed by atoms with Crippen LogP contribution in [0, 0.1) is 0 Å². The lowest BCUT2D eigenvalue weighted by atomic mass is 9.97. The van der Waals surface area contributed by atoms with Crippen LogP contribution in [0.3, 0.4) is 0 Å². The molecule has 1 saturated heterocycles. The summed E-state index contributed by atoms with van der Waals surface area (Å²) in [6.45, 7) is 5.62. The van der Waals surface area contributed by atoms with E-state index in [-0.39, 0.29) is 24.4 Å². The van der Waals surface area contributed by atoms with Gasteiger partial charge in [0, 0.05) is 6.04 Å². The molecule has 0 aromatic heterocycles. The van der Waals surface area contributed by atoms with E-state index in [2.05, 4.69) is 5.32 Å². The molecule has 0 bridgehead atoms. The normalized spacial score (nSPS) is 20.1. The first-order valence-corrected chi connectivity index (χ1v) is 6.56. The van der Waals surface area contributed by atoms with Crippen molar-refractivity contribution in [3.05, 3.63) is 35.9 Å².